The third kappa shape index (κ3) is 3.37. The van der Waals surface area contributed by atoms with Crippen molar-refractivity contribution in [2.24, 2.45) is 5.10 Å². The standard InChI is InChI=1S/C19H17N3O/c1-15(17-11-5-6-12-18(17)23)21-22(16-9-3-2-4-10-16)19-13-7-8-14-20-19/h2-14,23H,1H3/b21-15+. The summed E-state index contributed by atoms with van der Waals surface area (Å²) >= 11 is 0. The molecular weight excluding hydrogens is 286 g/mol. The van der Waals surface area contributed by atoms with Crippen LogP contribution in [-0.2, 0) is 0 Å². The number of aromatic nitrogens is 1. The molecule has 0 atom stereocenters. The fourth-order valence-corrected chi connectivity index (χ4v) is 2.27. The van der Waals surface area contributed by atoms with E-state index in [4.69, 9.17) is 0 Å². The first-order valence-corrected chi connectivity index (χ1v) is 7.35. The number of nitrogens with zero attached hydrogens (tertiary/aromatic N) is 3. The number of benzene rings is 2. The van der Waals surface area contributed by atoms with Gasteiger partial charge in [0.05, 0.1) is 11.4 Å². The van der Waals surface area contributed by atoms with Crippen molar-refractivity contribution in [3.05, 3.63) is 84.6 Å². The fourth-order valence-electron chi connectivity index (χ4n) is 2.27. The second kappa shape index (κ2) is 6.75. The maximum Gasteiger partial charge on any atom is 0.153 e. The largest absolute Gasteiger partial charge is 0.507 e. The molecule has 0 bridgehead atoms. The summed E-state index contributed by atoms with van der Waals surface area (Å²) in [6.07, 6.45) is 1.73. The van der Waals surface area contributed by atoms with Crippen LogP contribution in [0.1, 0.15) is 12.5 Å². The maximum absolute atomic E-state index is 10.0. The van der Waals surface area contributed by atoms with Crippen molar-refractivity contribution in [2.45, 2.75) is 6.92 Å². The fraction of sp³-hybridized carbons (Fsp3) is 0.0526. The van der Waals surface area contributed by atoms with Gasteiger partial charge >= 0.3 is 0 Å². The molecule has 0 aliphatic rings. The Morgan fingerprint density at radius 1 is 0.913 bits per heavy atom. The van der Waals surface area contributed by atoms with E-state index in [1.807, 2.05) is 67.6 Å². The molecule has 0 unspecified atom stereocenters. The molecule has 114 valence electrons. The first kappa shape index (κ1) is 14.8. The molecule has 1 aromatic heterocycles. The molecule has 2 aromatic carbocycles. The number of phenolic OH excluding ortho intramolecular Hbond substituents is 1. The summed E-state index contributed by atoms with van der Waals surface area (Å²) in [6.45, 7) is 1.87. The molecule has 0 radical (unpaired) electrons. The molecule has 0 saturated heterocycles. The van der Waals surface area contributed by atoms with Crippen LogP contribution in [-0.4, -0.2) is 15.8 Å². The predicted molar refractivity (Wildman–Crippen MR) is 93.1 cm³/mol. The van der Waals surface area contributed by atoms with Crippen molar-refractivity contribution >= 4 is 17.2 Å². The molecule has 3 rings (SSSR count). The number of anilines is 2. The molecular formula is C19H17N3O. The predicted octanol–water partition coefficient (Wildman–Crippen LogP) is 4.35. The quantitative estimate of drug-likeness (QED) is 0.576. The van der Waals surface area contributed by atoms with Crippen molar-refractivity contribution in [3.63, 3.8) is 0 Å². The van der Waals surface area contributed by atoms with E-state index >= 15 is 0 Å². The third-order valence-electron chi connectivity index (χ3n) is 3.41. The minimum Gasteiger partial charge on any atom is -0.507 e. The minimum absolute atomic E-state index is 0.211. The monoisotopic (exact) mass is 303 g/mol. The first-order chi connectivity index (χ1) is 11.3. The summed E-state index contributed by atoms with van der Waals surface area (Å²) < 4.78 is 0. The van der Waals surface area contributed by atoms with E-state index < -0.39 is 0 Å². The lowest BCUT2D eigenvalue weighted by atomic mass is 10.1. The summed E-state index contributed by atoms with van der Waals surface area (Å²) in [7, 11) is 0. The maximum atomic E-state index is 10.0. The second-order valence-corrected chi connectivity index (χ2v) is 5.04. The van der Waals surface area contributed by atoms with Crippen molar-refractivity contribution in [1.82, 2.24) is 4.98 Å². The molecule has 0 aliphatic heterocycles. The Kier molecular flexibility index (Phi) is 4.34. The second-order valence-electron chi connectivity index (χ2n) is 5.04. The first-order valence-electron chi connectivity index (χ1n) is 7.35. The van der Waals surface area contributed by atoms with Crippen LogP contribution >= 0.6 is 0 Å². The van der Waals surface area contributed by atoms with Gasteiger partial charge < -0.3 is 5.11 Å². The Hall–Kier alpha value is -3.14. The van der Waals surface area contributed by atoms with Crippen LogP contribution in [0.15, 0.2) is 84.1 Å². The lowest BCUT2D eigenvalue weighted by molar-refractivity contribution is 0.474. The summed E-state index contributed by atoms with van der Waals surface area (Å²) in [6, 6.07) is 22.7. The van der Waals surface area contributed by atoms with Gasteiger partial charge in [-0.05, 0) is 43.3 Å². The average molecular weight is 303 g/mol. The molecule has 0 saturated carbocycles. The molecule has 0 fully saturated rings. The molecule has 4 nitrogen and oxygen atoms in total. The van der Waals surface area contributed by atoms with Crippen LogP contribution in [0.4, 0.5) is 11.5 Å². The number of aromatic hydroxyl groups is 1. The zero-order chi connectivity index (χ0) is 16.1. The van der Waals surface area contributed by atoms with Crippen LogP contribution in [0.2, 0.25) is 0 Å². The normalized spacial score (nSPS) is 11.3. The molecule has 3 aromatic rings. The number of pyridine rings is 1. The highest BCUT2D eigenvalue weighted by atomic mass is 16.3. The van der Waals surface area contributed by atoms with Gasteiger partial charge in [-0.25, -0.2) is 9.99 Å². The lowest BCUT2D eigenvalue weighted by Crippen LogP contribution is -2.13. The molecule has 4 heteroatoms. The summed E-state index contributed by atoms with van der Waals surface area (Å²) in [5.74, 6) is 0.927. The van der Waals surface area contributed by atoms with Gasteiger partial charge in [-0.2, -0.15) is 5.10 Å². The molecule has 23 heavy (non-hydrogen) atoms. The van der Waals surface area contributed by atoms with E-state index in [0.717, 1.165) is 5.69 Å². The number of phenols is 1. The Balaban J connectivity index is 2.06. The zero-order valence-electron chi connectivity index (χ0n) is 12.8. The Morgan fingerprint density at radius 3 is 2.30 bits per heavy atom. The smallest absolute Gasteiger partial charge is 0.153 e. The van der Waals surface area contributed by atoms with Gasteiger partial charge in [0.25, 0.3) is 0 Å². The van der Waals surface area contributed by atoms with Crippen molar-refractivity contribution in [3.8, 4) is 5.75 Å². The van der Waals surface area contributed by atoms with Gasteiger partial charge in [0.2, 0.25) is 0 Å². The highest BCUT2D eigenvalue weighted by Gasteiger charge is 2.11. The minimum atomic E-state index is 0.211. The topological polar surface area (TPSA) is 48.7 Å². The van der Waals surface area contributed by atoms with E-state index in [2.05, 4.69) is 10.1 Å². The van der Waals surface area contributed by atoms with Gasteiger partial charge in [-0.1, -0.05) is 36.4 Å². The van der Waals surface area contributed by atoms with Gasteiger partial charge in [-0.3, -0.25) is 0 Å². The van der Waals surface area contributed by atoms with Crippen LogP contribution in [0.5, 0.6) is 5.75 Å². The summed E-state index contributed by atoms with van der Waals surface area (Å²) in [4.78, 5) is 4.38. The van der Waals surface area contributed by atoms with Crippen molar-refractivity contribution in [1.29, 1.82) is 0 Å². The van der Waals surface area contributed by atoms with E-state index in [-0.39, 0.29) is 5.75 Å². The number of hydrogen-bond acceptors (Lipinski definition) is 4. The van der Waals surface area contributed by atoms with Gasteiger partial charge in [0, 0.05) is 11.8 Å². The Bertz CT molecular complexity index is 762. The third-order valence-corrected chi connectivity index (χ3v) is 3.41. The van der Waals surface area contributed by atoms with Crippen LogP contribution in [0.3, 0.4) is 0 Å². The summed E-state index contributed by atoms with van der Waals surface area (Å²) in [5.41, 5.74) is 2.31. The molecule has 0 amide bonds. The number of hydrazone groups is 1. The highest BCUT2D eigenvalue weighted by molar-refractivity contribution is 6.01. The number of rotatable bonds is 4. The zero-order valence-corrected chi connectivity index (χ0v) is 12.8. The molecule has 1 heterocycles. The summed E-state index contributed by atoms with van der Waals surface area (Å²) in [5, 5.41) is 16.5. The molecule has 0 aliphatic carbocycles. The lowest BCUT2D eigenvalue weighted by Gasteiger charge is -2.19. The number of hydrogen-bond donors (Lipinski definition) is 1. The van der Waals surface area contributed by atoms with Gasteiger partial charge in [0.15, 0.2) is 5.82 Å². The van der Waals surface area contributed by atoms with Crippen LogP contribution in [0.25, 0.3) is 0 Å². The van der Waals surface area contributed by atoms with Gasteiger partial charge in [0.1, 0.15) is 5.75 Å². The Labute approximate surface area is 135 Å². The number of para-hydroxylation sites is 2. The highest BCUT2D eigenvalue weighted by Crippen LogP contribution is 2.25. The van der Waals surface area contributed by atoms with Crippen molar-refractivity contribution in [2.75, 3.05) is 5.01 Å². The Morgan fingerprint density at radius 2 is 1.61 bits per heavy atom. The van der Waals surface area contributed by atoms with E-state index in [1.54, 1.807) is 23.3 Å². The van der Waals surface area contributed by atoms with E-state index in [9.17, 15) is 5.11 Å². The van der Waals surface area contributed by atoms with E-state index in [1.165, 1.54) is 0 Å². The SMILES string of the molecule is C/C(=N\N(c1ccccc1)c1ccccn1)c1ccccc1O. The van der Waals surface area contributed by atoms with Crippen molar-refractivity contribution < 1.29 is 5.11 Å². The van der Waals surface area contributed by atoms with Gasteiger partial charge in [-0.15, -0.1) is 0 Å². The van der Waals surface area contributed by atoms with Crippen LogP contribution in [0, 0.1) is 0 Å². The average Bonchev–Trinajstić information content (AvgIpc) is 2.61. The molecule has 1 N–H and O–H groups in total. The molecule has 0 spiro atoms. The van der Waals surface area contributed by atoms with Crippen LogP contribution < -0.4 is 5.01 Å². The van der Waals surface area contributed by atoms with E-state index in [0.29, 0.717) is 17.1 Å².